The van der Waals surface area contributed by atoms with Crippen LogP contribution in [-0.2, 0) is 16.1 Å². The molecule has 2 fully saturated rings. The maximum atomic E-state index is 14.3. The third-order valence-electron chi connectivity index (χ3n) is 7.14. The van der Waals surface area contributed by atoms with Crippen molar-refractivity contribution >= 4 is 5.91 Å². The predicted octanol–water partition coefficient (Wildman–Crippen LogP) is 5.71. The Morgan fingerprint density at radius 3 is 2.50 bits per heavy atom. The van der Waals surface area contributed by atoms with Crippen molar-refractivity contribution in [3.8, 4) is 5.69 Å². The molecule has 0 bridgehead atoms. The number of carbonyl (C=O) groups is 1. The fourth-order valence-corrected chi connectivity index (χ4v) is 5.34. The number of nitrogens with zero attached hydrogens (tertiary/aromatic N) is 3. The van der Waals surface area contributed by atoms with Crippen molar-refractivity contribution in [2.75, 3.05) is 6.61 Å². The van der Waals surface area contributed by atoms with Crippen LogP contribution < -0.4 is 0 Å². The summed E-state index contributed by atoms with van der Waals surface area (Å²) in [5.74, 6) is 0.642. The second kappa shape index (κ2) is 9.66. The highest BCUT2D eigenvalue weighted by atomic mass is 19.1. The standard InChI is InChI=1S/C27H29F2N3O2/c1-18-30-11-12-31(18)25-16-20(15-24(29)17-25)14-19-2-4-22(5-3-19)27(33)32-26(10-13-34-32)21-6-8-23(28)9-7-21/h6-9,11-12,15-17,19,22,26H,2-5,10,13-14H2,1H3/t19?,22?,26-/m0/s1. The van der Waals surface area contributed by atoms with Crippen molar-refractivity contribution in [3.63, 3.8) is 0 Å². The molecule has 5 rings (SSSR count). The zero-order chi connectivity index (χ0) is 23.7. The van der Waals surface area contributed by atoms with Gasteiger partial charge in [-0.1, -0.05) is 12.1 Å². The van der Waals surface area contributed by atoms with Gasteiger partial charge in [0.2, 0.25) is 5.91 Å². The number of benzene rings is 2. The van der Waals surface area contributed by atoms with Crippen LogP contribution in [0.3, 0.4) is 0 Å². The van der Waals surface area contributed by atoms with Gasteiger partial charge >= 0.3 is 0 Å². The van der Waals surface area contributed by atoms with E-state index in [-0.39, 0.29) is 29.5 Å². The summed E-state index contributed by atoms with van der Waals surface area (Å²) in [5.41, 5.74) is 2.65. The maximum absolute atomic E-state index is 14.3. The molecular formula is C27H29F2N3O2. The Morgan fingerprint density at radius 1 is 1.03 bits per heavy atom. The third kappa shape index (κ3) is 4.75. The van der Waals surface area contributed by atoms with Gasteiger partial charge in [0.15, 0.2) is 0 Å². The van der Waals surface area contributed by atoms with Gasteiger partial charge in [-0.2, -0.15) is 0 Å². The lowest BCUT2D eigenvalue weighted by molar-refractivity contribution is -0.183. The van der Waals surface area contributed by atoms with E-state index in [1.54, 1.807) is 24.4 Å². The van der Waals surface area contributed by atoms with Gasteiger partial charge in [0.25, 0.3) is 0 Å². The van der Waals surface area contributed by atoms with E-state index in [1.165, 1.54) is 23.3 Å². The number of aryl methyl sites for hydroxylation is 1. The first-order valence-corrected chi connectivity index (χ1v) is 12.0. The molecule has 34 heavy (non-hydrogen) atoms. The third-order valence-corrected chi connectivity index (χ3v) is 7.14. The number of aromatic nitrogens is 2. The lowest BCUT2D eigenvalue weighted by Crippen LogP contribution is -2.36. The summed E-state index contributed by atoms with van der Waals surface area (Å²) >= 11 is 0. The molecule has 2 aliphatic rings. The fraction of sp³-hybridized carbons (Fsp3) is 0.407. The highest BCUT2D eigenvalue weighted by Gasteiger charge is 2.37. The van der Waals surface area contributed by atoms with E-state index >= 15 is 0 Å². The molecule has 0 N–H and O–H groups in total. The summed E-state index contributed by atoms with van der Waals surface area (Å²) in [6, 6.07) is 11.3. The Balaban J connectivity index is 1.21. The van der Waals surface area contributed by atoms with Gasteiger partial charge in [-0.15, -0.1) is 0 Å². The molecule has 1 saturated heterocycles. The smallest absolute Gasteiger partial charge is 0.249 e. The van der Waals surface area contributed by atoms with E-state index in [1.807, 2.05) is 23.8 Å². The molecule has 5 nitrogen and oxygen atoms in total. The van der Waals surface area contributed by atoms with Crippen molar-refractivity contribution in [2.45, 2.75) is 51.5 Å². The topological polar surface area (TPSA) is 47.4 Å². The van der Waals surface area contributed by atoms with Crippen LogP contribution in [0.1, 0.15) is 55.1 Å². The molecule has 1 aromatic heterocycles. The SMILES string of the molecule is Cc1nccn1-c1cc(F)cc(CC2CCC(C(=O)N3OCC[C@H]3c3ccc(F)cc3)CC2)c1. The zero-order valence-electron chi connectivity index (χ0n) is 19.3. The molecule has 1 amide bonds. The van der Waals surface area contributed by atoms with E-state index in [0.29, 0.717) is 18.9 Å². The number of imidazole rings is 1. The van der Waals surface area contributed by atoms with Crippen molar-refractivity contribution in [1.29, 1.82) is 0 Å². The van der Waals surface area contributed by atoms with Gasteiger partial charge in [0, 0.05) is 30.4 Å². The van der Waals surface area contributed by atoms with Crippen LogP contribution in [0.25, 0.3) is 5.69 Å². The average Bonchev–Trinajstić information content (AvgIpc) is 3.48. The molecule has 2 heterocycles. The largest absolute Gasteiger partial charge is 0.304 e. The number of hydrogen-bond donors (Lipinski definition) is 0. The Hall–Kier alpha value is -3.06. The first kappa shape index (κ1) is 22.7. The van der Waals surface area contributed by atoms with Crippen LogP contribution >= 0.6 is 0 Å². The Morgan fingerprint density at radius 2 is 1.79 bits per heavy atom. The van der Waals surface area contributed by atoms with Crippen LogP contribution in [0.5, 0.6) is 0 Å². The zero-order valence-corrected chi connectivity index (χ0v) is 19.3. The van der Waals surface area contributed by atoms with Gasteiger partial charge in [-0.25, -0.2) is 18.8 Å². The van der Waals surface area contributed by atoms with Crippen LogP contribution in [-0.4, -0.2) is 27.1 Å². The summed E-state index contributed by atoms with van der Waals surface area (Å²) in [6.07, 6.45) is 8.48. The number of hydroxylamine groups is 2. The molecule has 1 aliphatic heterocycles. The van der Waals surface area contributed by atoms with Crippen LogP contribution in [0.4, 0.5) is 8.78 Å². The van der Waals surface area contributed by atoms with Crippen LogP contribution in [0, 0.1) is 30.4 Å². The molecule has 1 saturated carbocycles. The quantitative estimate of drug-likeness (QED) is 0.485. The first-order valence-electron chi connectivity index (χ1n) is 12.0. The second-order valence-electron chi connectivity index (χ2n) is 9.44. The Labute approximate surface area is 198 Å². The van der Waals surface area contributed by atoms with Crippen molar-refractivity contribution in [3.05, 3.63) is 83.4 Å². The molecule has 7 heteroatoms. The lowest BCUT2D eigenvalue weighted by atomic mass is 9.78. The lowest BCUT2D eigenvalue weighted by Gasteiger charge is -2.32. The number of amides is 1. The maximum Gasteiger partial charge on any atom is 0.249 e. The minimum absolute atomic E-state index is 0.0221. The van der Waals surface area contributed by atoms with Crippen molar-refractivity contribution in [1.82, 2.24) is 14.6 Å². The Kier molecular flexibility index (Phi) is 6.46. The normalized spacial score (nSPS) is 22.8. The van der Waals surface area contributed by atoms with Crippen molar-refractivity contribution < 1.29 is 18.4 Å². The van der Waals surface area contributed by atoms with E-state index in [4.69, 9.17) is 4.84 Å². The minimum Gasteiger partial charge on any atom is -0.304 e. The molecule has 1 aliphatic carbocycles. The molecule has 0 radical (unpaired) electrons. The fourth-order valence-electron chi connectivity index (χ4n) is 5.34. The minimum atomic E-state index is -0.288. The van der Waals surface area contributed by atoms with Gasteiger partial charge in [-0.05, 0) is 86.4 Å². The molecule has 0 unspecified atom stereocenters. The summed E-state index contributed by atoms with van der Waals surface area (Å²) in [4.78, 5) is 23.2. The molecule has 2 aromatic carbocycles. The molecule has 0 spiro atoms. The number of carbonyl (C=O) groups excluding carboxylic acids is 1. The number of halogens is 2. The van der Waals surface area contributed by atoms with Crippen LogP contribution in [0.15, 0.2) is 54.9 Å². The Bertz CT molecular complexity index is 1150. The summed E-state index contributed by atoms with van der Waals surface area (Å²) < 4.78 is 29.5. The predicted molar refractivity (Wildman–Crippen MR) is 124 cm³/mol. The van der Waals surface area contributed by atoms with Crippen LogP contribution in [0.2, 0.25) is 0 Å². The monoisotopic (exact) mass is 465 g/mol. The highest BCUT2D eigenvalue weighted by Crippen LogP contribution is 2.37. The number of rotatable bonds is 5. The molecule has 1 atom stereocenters. The molecule has 3 aromatic rings. The van der Waals surface area contributed by atoms with Gasteiger partial charge < -0.3 is 4.57 Å². The van der Waals surface area contributed by atoms with Gasteiger partial charge in [0.1, 0.15) is 17.5 Å². The summed E-state index contributed by atoms with van der Waals surface area (Å²) in [5, 5.41) is 1.52. The first-order chi connectivity index (χ1) is 16.5. The van der Waals surface area contributed by atoms with Crippen molar-refractivity contribution in [2.24, 2.45) is 11.8 Å². The van der Waals surface area contributed by atoms with E-state index in [2.05, 4.69) is 4.98 Å². The van der Waals surface area contributed by atoms with E-state index in [9.17, 15) is 13.6 Å². The summed E-state index contributed by atoms with van der Waals surface area (Å²) in [6.45, 7) is 2.38. The molecular weight excluding hydrogens is 436 g/mol. The van der Waals surface area contributed by atoms with Gasteiger partial charge in [0.05, 0.1) is 12.6 Å². The number of hydrogen-bond acceptors (Lipinski definition) is 3. The average molecular weight is 466 g/mol. The van der Waals surface area contributed by atoms with Gasteiger partial charge in [-0.3, -0.25) is 9.63 Å². The highest BCUT2D eigenvalue weighted by molar-refractivity contribution is 5.78. The van der Waals surface area contributed by atoms with E-state index in [0.717, 1.165) is 54.7 Å². The second-order valence-corrected chi connectivity index (χ2v) is 9.44. The summed E-state index contributed by atoms with van der Waals surface area (Å²) in [7, 11) is 0. The van der Waals surface area contributed by atoms with E-state index < -0.39 is 0 Å². The molecule has 178 valence electrons.